The highest BCUT2D eigenvalue weighted by Crippen LogP contribution is 2.45. The summed E-state index contributed by atoms with van der Waals surface area (Å²) in [6, 6.07) is 0. The van der Waals surface area contributed by atoms with Crippen molar-refractivity contribution in [1.29, 1.82) is 0 Å². The van der Waals surface area contributed by atoms with Crippen LogP contribution in [0.4, 0.5) is 0 Å². The molecule has 3 N–H and O–H groups in total. The first kappa shape index (κ1) is 26.6. The maximum Gasteiger partial charge on any atom is 0.473 e. The van der Waals surface area contributed by atoms with Gasteiger partial charge in [0.05, 0.1) is 34.4 Å². The van der Waals surface area contributed by atoms with Crippen LogP contribution in [-0.2, 0) is 23.3 Å². The minimum absolute atomic E-state index is 0.211. The molecule has 2 unspecified atom stereocenters. The zero-order valence-corrected chi connectivity index (χ0v) is 17.9. The summed E-state index contributed by atoms with van der Waals surface area (Å²) in [6.45, 7) is 1.20. The average Bonchev–Trinajstić information content (AvgIpc) is 2.56. The number of carbonyl (C=O) groups is 1. The molecular weight excluding hydrogens is 377 g/mol. The molecule has 27 heavy (non-hydrogen) atoms. The molecule has 0 radical (unpaired) electrons. The smallest absolute Gasteiger partial charge is 0.393 e. The molecule has 162 valence electrons. The number of phosphoric ester groups is 1. The Labute approximate surface area is 162 Å². The molecule has 0 aliphatic rings. The molecule has 0 fully saturated rings. The summed E-state index contributed by atoms with van der Waals surface area (Å²) in [7, 11) is 0.983. The van der Waals surface area contributed by atoms with Gasteiger partial charge in [0.1, 0.15) is 12.6 Å². The van der Waals surface area contributed by atoms with Crippen molar-refractivity contribution in [1.82, 2.24) is 0 Å². The van der Waals surface area contributed by atoms with Crippen LogP contribution >= 0.6 is 7.82 Å². The largest absolute Gasteiger partial charge is 0.473 e. The summed E-state index contributed by atoms with van der Waals surface area (Å²) in [5.41, 5.74) is 0. The lowest BCUT2D eigenvalue weighted by atomic mass is 10.0. The summed E-state index contributed by atoms with van der Waals surface area (Å²) >= 11 is 0. The van der Waals surface area contributed by atoms with E-state index >= 15 is 0 Å². The number of aliphatic hydroxyl groups is 1. The van der Waals surface area contributed by atoms with E-state index in [1.54, 1.807) is 0 Å². The lowest BCUT2D eigenvalue weighted by Gasteiger charge is -2.29. The van der Waals surface area contributed by atoms with Crippen LogP contribution in [0.3, 0.4) is 0 Å². The minimum Gasteiger partial charge on any atom is -0.393 e. The zero-order chi connectivity index (χ0) is 20.9. The van der Waals surface area contributed by atoms with E-state index in [0.29, 0.717) is 10.9 Å². The number of carbonyl (C=O) groups excluding carboxylic acids is 1. The van der Waals surface area contributed by atoms with Gasteiger partial charge in [0.25, 0.3) is 0 Å². The van der Waals surface area contributed by atoms with Crippen LogP contribution in [0.25, 0.3) is 0 Å². The maximum atomic E-state index is 12.5. The number of quaternary nitrogens is 1. The lowest BCUT2D eigenvalue weighted by Crippen LogP contribution is -2.45. The van der Waals surface area contributed by atoms with Gasteiger partial charge in [0, 0.05) is 6.42 Å². The van der Waals surface area contributed by atoms with Gasteiger partial charge in [-0.15, -0.1) is 0 Å². The zero-order valence-electron chi connectivity index (χ0n) is 17.0. The average molecular weight is 414 g/mol. The molecule has 0 aliphatic carbocycles. The lowest BCUT2D eigenvalue weighted by molar-refractivity contribution is -0.872. The van der Waals surface area contributed by atoms with E-state index in [4.69, 9.17) is 19.4 Å². The van der Waals surface area contributed by atoms with Gasteiger partial charge >= 0.3 is 7.82 Å². The fourth-order valence-electron chi connectivity index (χ4n) is 2.42. The number of ketones is 1. The molecule has 0 rings (SSSR count). The van der Waals surface area contributed by atoms with E-state index in [0.717, 1.165) is 25.7 Å². The fraction of sp³-hybridized carbons (Fsp3) is 0.941. The molecule has 0 aromatic carbocycles. The van der Waals surface area contributed by atoms with Gasteiger partial charge in [0.2, 0.25) is 0 Å². The van der Waals surface area contributed by atoms with E-state index in [2.05, 4.69) is 11.8 Å². The van der Waals surface area contributed by atoms with Gasteiger partial charge in [-0.3, -0.25) is 19.1 Å². The predicted molar refractivity (Wildman–Crippen MR) is 101 cm³/mol. The number of Topliss-reactive ketones (excluding diaryl/α,β-unsaturated/α-hetero) is 1. The second-order valence-corrected chi connectivity index (χ2v) is 9.13. The van der Waals surface area contributed by atoms with Crippen LogP contribution in [0.15, 0.2) is 0 Å². The van der Waals surface area contributed by atoms with Gasteiger partial charge in [0.15, 0.2) is 11.9 Å². The third-order valence-corrected chi connectivity index (χ3v) is 4.88. The van der Waals surface area contributed by atoms with Crippen LogP contribution in [0.5, 0.6) is 0 Å². The molecule has 0 aliphatic heterocycles. The van der Waals surface area contributed by atoms with Crippen molar-refractivity contribution in [2.75, 3.05) is 40.9 Å². The van der Waals surface area contributed by atoms with E-state index in [9.17, 15) is 14.3 Å². The number of likely N-dealkylation sites (N-methyl/N-ethyl adjacent to an activating group) is 1. The first-order chi connectivity index (χ1) is 12.5. The Bertz CT molecular complexity index is 451. The van der Waals surface area contributed by atoms with Crippen LogP contribution in [0.2, 0.25) is 0 Å². The van der Waals surface area contributed by atoms with Crippen molar-refractivity contribution in [2.45, 2.75) is 64.1 Å². The van der Waals surface area contributed by atoms with Crippen molar-refractivity contribution in [2.24, 2.45) is 0 Å². The Hall–Kier alpha value is -0.380. The van der Waals surface area contributed by atoms with Gasteiger partial charge in [-0.2, -0.15) is 0 Å². The van der Waals surface area contributed by atoms with E-state index in [1.807, 2.05) is 21.1 Å². The summed E-state index contributed by atoms with van der Waals surface area (Å²) in [5.74, 6) is -0.242. The highest BCUT2D eigenvalue weighted by Gasteiger charge is 2.35. The molecule has 0 amide bonds. The van der Waals surface area contributed by atoms with Crippen molar-refractivity contribution >= 4 is 13.6 Å². The summed E-state index contributed by atoms with van der Waals surface area (Å²) in [5, 5.41) is 17.4. The van der Waals surface area contributed by atoms with E-state index in [1.165, 1.54) is 6.42 Å². The van der Waals surface area contributed by atoms with E-state index < -0.39 is 33.2 Å². The molecule has 0 spiro atoms. The molecule has 10 heteroatoms. The number of nitrogens with zero attached hydrogens (tertiary/aromatic N) is 1. The van der Waals surface area contributed by atoms with Crippen LogP contribution in [-0.4, -0.2) is 78.6 Å². The number of rotatable bonds is 17. The fourth-order valence-corrected chi connectivity index (χ4v) is 3.34. The Kier molecular flexibility index (Phi) is 13.5. The monoisotopic (exact) mass is 414 g/mol. The first-order valence-corrected chi connectivity index (χ1v) is 10.9. The number of phosphoric acid groups is 1. The second-order valence-electron chi connectivity index (χ2n) is 7.73. The van der Waals surface area contributed by atoms with Gasteiger partial charge in [-0.05, 0) is 6.42 Å². The Balaban J connectivity index is 4.69. The van der Waals surface area contributed by atoms with Crippen LogP contribution in [0, 0.1) is 0 Å². The highest BCUT2D eigenvalue weighted by molar-refractivity contribution is 7.47. The molecule has 0 heterocycles. The van der Waals surface area contributed by atoms with Crippen molar-refractivity contribution in [3.8, 4) is 0 Å². The molecule has 0 aromatic heterocycles. The Morgan fingerprint density at radius 1 is 1.11 bits per heavy atom. The second kappa shape index (κ2) is 13.7. The molecule has 0 aromatic rings. The van der Waals surface area contributed by atoms with Gasteiger partial charge in [-0.1, -0.05) is 39.0 Å². The standard InChI is InChI=1S/C17H36NO8P/c1-5-6-7-8-9-10-11-16(20)17(12-18(2,3)4)26-27(22,23)24-14-15(13-19)25-21/h15,17,19H,5-14H2,1-4H3,(H-,21,22,23)/p+1/t15-,17?/m1/s1. The van der Waals surface area contributed by atoms with Crippen LogP contribution < -0.4 is 0 Å². The molecule has 0 bridgehead atoms. The molecular formula is C17H37NO8P+. The van der Waals surface area contributed by atoms with Gasteiger partial charge < -0.3 is 14.5 Å². The van der Waals surface area contributed by atoms with E-state index in [-0.39, 0.29) is 18.7 Å². The summed E-state index contributed by atoms with van der Waals surface area (Å²) in [4.78, 5) is 26.3. The highest BCUT2D eigenvalue weighted by atomic mass is 31.2. The van der Waals surface area contributed by atoms with Crippen molar-refractivity contribution < 1.29 is 43.0 Å². The number of hydrogen-bond acceptors (Lipinski definition) is 7. The third-order valence-electron chi connectivity index (χ3n) is 3.89. The van der Waals surface area contributed by atoms with Crippen LogP contribution in [0.1, 0.15) is 51.9 Å². The number of unbranched alkanes of at least 4 members (excludes halogenated alkanes) is 5. The SMILES string of the molecule is CCCCCCCCC(=O)C(C[N+](C)(C)C)OP(=O)(O)OC[C@@H](CO)OO. The molecule has 0 saturated carbocycles. The topological polar surface area (TPSA) is 123 Å². The minimum atomic E-state index is -4.56. The number of hydrogen-bond donors (Lipinski definition) is 3. The maximum absolute atomic E-state index is 12.5. The molecule has 9 nitrogen and oxygen atoms in total. The quantitative estimate of drug-likeness (QED) is 0.109. The predicted octanol–water partition coefficient (Wildman–Crippen LogP) is 2.36. The normalized spacial score (nSPS) is 16.7. The summed E-state index contributed by atoms with van der Waals surface area (Å²) in [6.07, 6.45) is 4.19. The Morgan fingerprint density at radius 3 is 2.22 bits per heavy atom. The molecule has 3 atom stereocenters. The molecule has 0 saturated heterocycles. The first-order valence-electron chi connectivity index (χ1n) is 9.44. The van der Waals surface area contributed by atoms with Gasteiger partial charge in [-0.25, -0.2) is 9.45 Å². The Morgan fingerprint density at radius 2 is 1.70 bits per heavy atom. The van der Waals surface area contributed by atoms with Crippen molar-refractivity contribution in [3.63, 3.8) is 0 Å². The number of aliphatic hydroxyl groups excluding tert-OH is 1. The third kappa shape index (κ3) is 14.3. The van der Waals surface area contributed by atoms with Crippen molar-refractivity contribution in [3.05, 3.63) is 0 Å². The summed E-state index contributed by atoms with van der Waals surface area (Å²) < 4.78 is 22.3.